The van der Waals surface area contributed by atoms with Gasteiger partial charge in [-0.05, 0) is 43.3 Å². The standard InChI is InChI=1S/C24H28N6O5/c1-16(23(32)33)29-11-9-28(10-12-29)14-20-15-30(24(34)35-20)19-6-4-17(5-7-19)21(25)27-22(31)18-3-2-8-26-13-18/h2-8,13,16,20H,9-12,14-15H2,1H3,(H,32,33)(H2,25,27,31). The van der Waals surface area contributed by atoms with E-state index in [-0.39, 0.29) is 11.9 Å². The van der Waals surface area contributed by atoms with Gasteiger partial charge in [0.05, 0.1) is 12.1 Å². The monoisotopic (exact) mass is 480 g/mol. The predicted molar refractivity (Wildman–Crippen MR) is 128 cm³/mol. The summed E-state index contributed by atoms with van der Waals surface area (Å²) in [5, 5.41) is 19.9. The van der Waals surface area contributed by atoms with Gasteiger partial charge in [0.25, 0.3) is 5.91 Å². The third-order valence-corrected chi connectivity index (χ3v) is 6.28. The number of aliphatic carboxylic acids is 1. The van der Waals surface area contributed by atoms with Crippen molar-refractivity contribution in [2.75, 3.05) is 44.2 Å². The second kappa shape index (κ2) is 10.6. The number of pyridine rings is 1. The van der Waals surface area contributed by atoms with Crippen molar-refractivity contribution in [2.24, 2.45) is 0 Å². The van der Waals surface area contributed by atoms with Gasteiger partial charge in [-0.2, -0.15) is 0 Å². The van der Waals surface area contributed by atoms with Gasteiger partial charge in [0, 0.05) is 56.4 Å². The second-order valence-electron chi connectivity index (χ2n) is 8.58. The van der Waals surface area contributed by atoms with Gasteiger partial charge in [-0.25, -0.2) is 4.79 Å². The van der Waals surface area contributed by atoms with Crippen molar-refractivity contribution >= 4 is 29.5 Å². The van der Waals surface area contributed by atoms with Crippen molar-refractivity contribution in [1.29, 1.82) is 5.41 Å². The topological polar surface area (TPSA) is 139 Å². The highest BCUT2D eigenvalue weighted by atomic mass is 16.6. The minimum Gasteiger partial charge on any atom is -0.480 e. The highest BCUT2D eigenvalue weighted by molar-refractivity contribution is 6.11. The molecule has 35 heavy (non-hydrogen) atoms. The first-order valence-corrected chi connectivity index (χ1v) is 11.4. The van der Waals surface area contributed by atoms with Gasteiger partial charge < -0.3 is 15.2 Å². The molecule has 0 aliphatic carbocycles. The number of carboxylic acids is 1. The number of nitrogens with zero attached hydrogens (tertiary/aromatic N) is 4. The summed E-state index contributed by atoms with van der Waals surface area (Å²) in [7, 11) is 0. The number of nitrogens with one attached hydrogen (secondary N) is 2. The van der Waals surface area contributed by atoms with Gasteiger partial charge in [-0.15, -0.1) is 0 Å². The van der Waals surface area contributed by atoms with E-state index >= 15 is 0 Å². The number of amidine groups is 1. The van der Waals surface area contributed by atoms with Crippen LogP contribution in [0.1, 0.15) is 22.8 Å². The van der Waals surface area contributed by atoms with Crippen LogP contribution in [0.5, 0.6) is 0 Å². The van der Waals surface area contributed by atoms with E-state index in [0.717, 1.165) is 0 Å². The molecule has 2 aliphatic heterocycles. The lowest BCUT2D eigenvalue weighted by Crippen LogP contribution is -2.53. The van der Waals surface area contributed by atoms with Crippen molar-refractivity contribution in [3.05, 3.63) is 59.9 Å². The minimum absolute atomic E-state index is 0.0522. The number of cyclic esters (lactones) is 1. The van der Waals surface area contributed by atoms with E-state index < -0.39 is 24.0 Å². The molecule has 0 bridgehead atoms. The quantitative estimate of drug-likeness (QED) is 0.398. The zero-order chi connectivity index (χ0) is 24.9. The molecule has 11 nitrogen and oxygen atoms in total. The Bertz CT molecular complexity index is 1090. The fourth-order valence-electron chi connectivity index (χ4n) is 4.17. The van der Waals surface area contributed by atoms with Crippen LogP contribution in [0.3, 0.4) is 0 Å². The second-order valence-corrected chi connectivity index (χ2v) is 8.58. The highest BCUT2D eigenvalue weighted by Gasteiger charge is 2.34. The number of piperazine rings is 1. The number of anilines is 1. The molecule has 2 saturated heterocycles. The third kappa shape index (κ3) is 5.81. The molecule has 2 fully saturated rings. The average molecular weight is 481 g/mol. The molecule has 2 amide bonds. The van der Waals surface area contributed by atoms with E-state index in [4.69, 9.17) is 10.1 Å². The van der Waals surface area contributed by atoms with Crippen LogP contribution < -0.4 is 10.2 Å². The first-order chi connectivity index (χ1) is 16.8. The summed E-state index contributed by atoms with van der Waals surface area (Å²) in [5.41, 5.74) is 1.51. The SMILES string of the molecule is CC(C(=O)O)N1CCN(CC2CN(c3ccc(C(=N)NC(=O)c4cccnc4)cc3)C(=O)O2)CC1. The Morgan fingerprint density at radius 1 is 1.17 bits per heavy atom. The van der Waals surface area contributed by atoms with Crippen molar-refractivity contribution < 1.29 is 24.2 Å². The molecule has 3 N–H and O–H groups in total. The van der Waals surface area contributed by atoms with Crippen molar-refractivity contribution in [3.8, 4) is 0 Å². The van der Waals surface area contributed by atoms with Crippen LogP contribution in [-0.4, -0.2) is 95.1 Å². The summed E-state index contributed by atoms with van der Waals surface area (Å²) in [6.45, 7) is 5.42. The molecule has 11 heteroatoms. The molecule has 0 radical (unpaired) electrons. The first-order valence-electron chi connectivity index (χ1n) is 11.4. The van der Waals surface area contributed by atoms with Gasteiger partial charge in [-0.3, -0.25) is 34.7 Å². The Morgan fingerprint density at radius 2 is 1.89 bits per heavy atom. The fraction of sp³-hybridized carbons (Fsp3) is 0.375. The number of rotatable bonds is 7. The Balaban J connectivity index is 1.29. The molecule has 2 atom stereocenters. The molecule has 184 valence electrons. The van der Waals surface area contributed by atoms with Crippen molar-refractivity contribution in [2.45, 2.75) is 19.1 Å². The third-order valence-electron chi connectivity index (χ3n) is 6.28. The van der Waals surface area contributed by atoms with Gasteiger partial charge in [0.15, 0.2) is 0 Å². The number of aromatic nitrogens is 1. The molecule has 2 aromatic rings. The summed E-state index contributed by atoms with van der Waals surface area (Å²) < 4.78 is 5.56. The van der Waals surface area contributed by atoms with E-state index in [1.807, 2.05) is 4.90 Å². The molecule has 0 spiro atoms. The molecule has 1 aromatic carbocycles. The Morgan fingerprint density at radius 3 is 2.51 bits per heavy atom. The summed E-state index contributed by atoms with van der Waals surface area (Å²) in [5.74, 6) is -1.30. The summed E-state index contributed by atoms with van der Waals surface area (Å²) in [6, 6.07) is 9.53. The summed E-state index contributed by atoms with van der Waals surface area (Å²) >= 11 is 0. The van der Waals surface area contributed by atoms with Crippen molar-refractivity contribution in [1.82, 2.24) is 20.1 Å². The maximum atomic E-state index is 12.5. The van der Waals surface area contributed by atoms with Gasteiger partial charge >= 0.3 is 12.1 Å². The highest BCUT2D eigenvalue weighted by Crippen LogP contribution is 2.23. The van der Waals surface area contributed by atoms with Gasteiger partial charge in [-0.1, -0.05) is 0 Å². The lowest BCUT2D eigenvalue weighted by atomic mass is 10.1. The minimum atomic E-state index is -0.823. The number of ether oxygens (including phenoxy) is 1. The van der Waals surface area contributed by atoms with E-state index in [1.165, 1.54) is 6.20 Å². The summed E-state index contributed by atoms with van der Waals surface area (Å²) in [4.78, 5) is 45.5. The molecule has 2 aliphatic rings. The maximum Gasteiger partial charge on any atom is 0.414 e. The lowest BCUT2D eigenvalue weighted by molar-refractivity contribution is -0.143. The number of hydrogen-bond acceptors (Lipinski definition) is 8. The van der Waals surface area contributed by atoms with Crippen LogP contribution in [0.15, 0.2) is 48.8 Å². The summed E-state index contributed by atoms with van der Waals surface area (Å²) in [6.07, 6.45) is 2.28. The molecule has 1 aromatic heterocycles. The number of carbonyl (C=O) groups excluding carboxylic acids is 2. The first kappa shape index (κ1) is 24.3. The number of benzene rings is 1. The van der Waals surface area contributed by atoms with Crippen LogP contribution in [-0.2, 0) is 9.53 Å². The number of hydrogen-bond donors (Lipinski definition) is 3. The molecule has 0 saturated carbocycles. The number of amides is 2. The zero-order valence-electron chi connectivity index (χ0n) is 19.4. The molecular formula is C24H28N6O5. The van der Waals surface area contributed by atoms with Crippen LogP contribution in [0.25, 0.3) is 0 Å². The van der Waals surface area contributed by atoms with Gasteiger partial charge in [0.2, 0.25) is 0 Å². The van der Waals surface area contributed by atoms with Gasteiger partial charge in [0.1, 0.15) is 18.0 Å². The largest absolute Gasteiger partial charge is 0.480 e. The Labute approximate surface area is 202 Å². The smallest absolute Gasteiger partial charge is 0.414 e. The molecular weight excluding hydrogens is 452 g/mol. The van der Waals surface area contributed by atoms with E-state index in [0.29, 0.717) is 56.1 Å². The van der Waals surface area contributed by atoms with Crippen LogP contribution >= 0.6 is 0 Å². The normalized spacial score (nSPS) is 19.7. The predicted octanol–water partition coefficient (Wildman–Crippen LogP) is 1.25. The lowest BCUT2D eigenvalue weighted by Gasteiger charge is -2.37. The Kier molecular flexibility index (Phi) is 7.37. The zero-order valence-corrected chi connectivity index (χ0v) is 19.4. The fourth-order valence-corrected chi connectivity index (χ4v) is 4.17. The molecule has 3 heterocycles. The van der Waals surface area contributed by atoms with Crippen LogP contribution in [0.4, 0.5) is 10.5 Å². The van der Waals surface area contributed by atoms with E-state index in [1.54, 1.807) is 54.4 Å². The number of carbonyl (C=O) groups is 3. The average Bonchev–Trinajstić information content (AvgIpc) is 3.24. The van der Waals surface area contributed by atoms with E-state index in [2.05, 4.69) is 15.2 Å². The molecule has 2 unspecified atom stereocenters. The van der Waals surface area contributed by atoms with Crippen LogP contribution in [0.2, 0.25) is 0 Å². The van der Waals surface area contributed by atoms with Crippen molar-refractivity contribution in [3.63, 3.8) is 0 Å². The molecule has 4 rings (SSSR count). The number of carboxylic acid groups (broad SMARTS) is 1. The van der Waals surface area contributed by atoms with Crippen LogP contribution in [0, 0.1) is 5.41 Å². The van der Waals surface area contributed by atoms with E-state index in [9.17, 15) is 19.5 Å². The maximum absolute atomic E-state index is 12.5. The Hall–Kier alpha value is -3.83.